The van der Waals surface area contributed by atoms with Gasteiger partial charge in [0, 0.05) is 39.0 Å². The minimum absolute atomic E-state index is 0.0542. The number of fused-ring (bicyclic) bond motifs is 1. The van der Waals surface area contributed by atoms with Crippen molar-refractivity contribution in [2.45, 2.75) is 13.0 Å². The fraction of sp³-hybridized carbons (Fsp3) is 0.444. The zero-order valence-electron chi connectivity index (χ0n) is 15.5. The van der Waals surface area contributed by atoms with Crippen LogP contribution in [0.3, 0.4) is 0 Å². The second kappa shape index (κ2) is 8.17. The number of methoxy groups -OCH3 is 1. The molecule has 9 heteroatoms. The van der Waals surface area contributed by atoms with E-state index >= 15 is 0 Å². The number of nitrogens with one attached hydrogen (secondary N) is 3. The Bertz CT molecular complexity index is 849. The largest absolute Gasteiger partial charge is 0.383 e. The normalized spacial score (nSPS) is 19.3. The minimum Gasteiger partial charge on any atom is -0.383 e. The van der Waals surface area contributed by atoms with Gasteiger partial charge < -0.3 is 25.3 Å². The van der Waals surface area contributed by atoms with Gasteiger partial charge in [-0.05, 0) is 12.0 Å². The van der Waals surface area contributed by atoms with Crippen molar-refractivity contribution in [3.05, 3.63) is 30.6 Å². The summed E-state index contributed by atoms with van der Waals surface area (Å²) in [6, 6.07) is 0.0542. The van der Waals surface area contributed by atoms with Crippen LogP contribution in [-0.4, -0.2) is 71.1 Å². The van der Waals surface area contributed by atoms with Crippen molar-refractivity contribution in [3.63, 3.8) is 0 Å². The second-order valence-corrected chi connectivity index (χ2v) is 6.58. The first-order chi connectivity index (χ1) is 13.0. The van der Waals surface area contributed by atoms with Crippen LogP contribution in [0.15, 0.2) is 25.0 Å². The van der Waals surface area contributed by atoms with Crippen LogP contribution in [0.4, 0.5) is 5.82 Å². The summed E-state index contributed by atoms with van der Waals surface area (Å²) >= 11 is 0. The number of hydrogen-bond acceptors (Lipinski definition) is 6. The molecule has 0 spiro atoms. The molecule has 0 aromatic carbocycles. The maximum absolute atomic E-state index is 12.3. The van der Waals surface area contributed by atoms with Gasteiger partial charge >= 0.3 is 0 Å². The maximum atomic E-state index is 12.3. The van der Waals surface area contributed by atoms with Crippen molar-refractivity contribution in [1.82, 2.24) is 25.2 Å². The molecule has 0 saturated carbocycles. The predicted molar refractivity (Wildman–Crippen MR) is 101 cm³/mol. The third-order valence-corrected chi connectivity index (χ3v) is 4.65. The highest BCUT2D eigenvalue weighted by atomic mass is 16.5. The van der Waals surface area contributed by atoms with Crippen molar-refractivity contribution in [3.8, 4) is 0 Å². The molecule has 0 unspecified atom stereocenters. The van der Waals surface area contributed by atoms with E-state index in [-0.39, 0.29) is 23.8 Å². The van der Waals surface area contributed by atoms with Gasteiger partial charge in [0.25, 0.3) is 5.91 Å². The number of anilines is 1. The van der Waals surface area contributed by atoms with Crippen molar-refractivity contribution in [2.75, 3.05) is 38.7 Å². The van der Waals surface area contributed by atoms with E-state index in [9.17, 15) is 9.59 Å². The molecule has 2 amide bonds. The number of nitrogens with zero attached hydrogens (tertiary/aromatic N) is 3. The Morgan fingerprint density at radius 3 is 3.04 bits per heavy atom. The van der Waals surface area contributed by atoms with Crippen molar-refractivity contribution >= 4 is 28.8 Å². The predicted octanol–water partition coefficient (Wildman–Crippen LogP) is 0.779. The molecule has 0 radical (unpaired) electrons. The number of amides is 2. The van der Waals surface area contributed by atoms with Crippen molar-refractivity contribution in [1.29, 1.82) is 0 Å². The summed E-state index contributed by atoms with van der Waals surface area (Å²) in [6.07, 6.45) is 4.55. The third kappa shape index (κ3) is 4.08. The van der Waals surface area contributed by atoms with Crippen molar-refractivity contribution in [2.24, 2.45) is 5.92 Å². The Morgan fingerprint density at radius 2 is 2.30 bits per heavy atom. The molecule has 1 aliphatic heterocycles. The number of rotatable bonds is 7. The molecular weight excluding hydrogens is 348 g/mol. The number of carbonyl (C=O) groups excluding carboxylic acids is 2. The Hall–Kier alpha value is -2.94. The molecule has 27 heavy (non-hydrogen) atoms. The summed E-state index contributed by atoms with van der Waals surface area (Å²) in [7, 11) is 1.58. The fourth-order valence-corrected chi connectivity index (χ4v) is 3.15. The minimum atomic E-state index is -0.235. The molecule has 0 bridgehead atoms. The molecule has 1 fully saturated rings. The average molecular weight is 372 g/mol. The first-order valence-electron chi connectivity index (χ1n) is 8.82. The molecule has 2 atom stereocenters. The Morgan fingerprint density at radius 1 is 1.48 bits per heavy atom. The van der Waals surface area contributed by atoms with Crippen LogP contribution >= 0.6 is 0 Å². The van der Waals surface area contributed by atoms with Gasteiger partial charge in [0.15, 0.2) is 5.65 Å². The lowest BCUT2D eigenvalue weighted by Gasteiger charge is -2.17. The summed E-state index contributed by atoms with van der Waals surface area (Å²) in [5.74, 6) is 0.516. The molecule has 2 aromatic rings. The van der Waals surface area contributed by atoms with Crippen molar-refractivity contribution < 1.29 is 14.3 Å². The molecule has 3 heterocycles. The number of aromatic nitrogens is 3. The van der Waals surface area contributed by atoms with E-state index in [1.54, 1.807) is 24.4 Å². The van der Waals surface area contributed by atoms with E-state index in [1.165, 1.54) is 6.08 Å². The number of H-pyrrole nitrogens is 1. The molecular formula is C18H24N6O3. The highest BCUT2D eigenvalue weighted by Crippen LogP contribution is 2.22. The maximum Gasteiger partial charge on any atom is 0.255 e. The number of ether oxygens (including phenoxy) is 1. The van der Waals surface area contributed by atoms with Crippen LogP contribution in [0.1, 0.15) is 17.3 Å². The monoisotopic (exact) mass is 372 g/mol. The molecule has 2 aromatic heterocycles. The number of likely N-dealkylation sites (tertiary alicyclic amines) is 1. The number of aromatic amines is 1. The first kappa shape index (κ1) is 18.8. The summed E-state index contributed by atoms with van der Waals surface area (Å²) < 4.78 is 4.94. The Labute approximate surface area is 157 Å². The second-order valence-electron chi connectivity index (χ2n) is 6.58. The van der Waals surface area contributed by atoms with E-state index in [4.69, 9.17) is 4.74 Å². The molecule has 9 nitrogen and oxygen atoms in total. The van der Waals surface area contributed by atoms with E-state index in [0.29, 0.717) is 48.8 Å². The van der Waals surface area contributed by atoms with Gasteiger partial charge in [0.05, 0.1) is 18.4 Å². The lowest BCUT2D eigenvalue weighted by atomic mass is 10.1. The van der Waals surface area contributed by atoms with E-state index in [1.807, 2.05) is 0 Å². The van der Waals surface area contributed by atoms with E-state index in [0.717, 1.165) is 0 Å². The zero-order valence-corrected chi connectivity index (χ0v) is 15.5. The van der Waals surface area contributed by atoms with Gasteiger partial charge in [-0.1, -0.05) is 13.5 Å². The van der Waals surface area contributed by atoms with Gasteiger partial charge in [-0.15, -0.1) is 0 Å². The van der Waals surface area contributed by atoms with Crippen LogP contribution < -0.4 is 10.6 Å². The summed E-state index contributed by atoms with van der Waals surface area (Å²) in [6.45, 7) is 7.70. The number of hydrogen-bond donors (Lipinski definition) is 3. The molecule has 1 saturated heterocycles. The van der Waals surface area contributed by atoms with Crippen LogP contribution in [0.5, 0.6) is 0 Å². The SMILES string of the molecule is C=CC(=O)N1C[C@H](C)[C@H](Nc2cnc3[nH]cc(C(=O)NCCOC)c3n2)C1. The van der Waals surface area contributed by atoms with Crippen LogP contribution in [0, 0.1) is 5.92 Å². The Kier molecular flexibility index (Phi) is 5.70. The molecule has 3 rings (SSSR count). The van der Waals surface area contributed by atoms with Gasteiger partial charge in [-0.25, -0.2) is 9.97 Å². The molecule has 144 valence electrons. The topological polar surface area (TPSA) is 112 Å². The van der Waals surface area contributed by atoms with Gasteiger partial charge in [0.2, 0.25) is 5.91 Å². The summed E-state index contributed by atoms with van der Waals surface area (Å²) in [5, 5.41) is 6.11. The molecule has 3 N–H and O–H groups in total. The van der Waals surface area contributed by atoms with E-state index < -0.39 is 0 Å². The zero-order chi connectivity index (χ0) is 19.4. The van der Waals surface area contributed by atoms with E-state index in [2.05, 4.69) is 39.1 Å². The highest BCUT2D eigenvalue weighted by molar-refractivity contribution is 6.04. The standard InChI is InChI=1S/C18H24N6O3/c1-4-15(25)24-9-11(2)13(10-24)22-14-8-21-17-16(23-14)12(7-20-17)18(26)19-5-6-27-3/h4,7-8,11,13H,1,5-6,9-10H2,2-3H3,(H,19,26)(H,20,21)(H,22,23)/t11-,13+/m0/s1. The van der Waals surface area contributed by atoms with Gasteiger partial charge in [0.1, 0.15) is 11.3 Å². The summed E-state index contributed by atoms with van der Waals surface area (Å²) in [4.78, 5) is 37.8. The first-order valence-corrected chi connectivity index (χ1v) is 8.82. The van der Waals surface area contributed by atoms with Gasteiger partial charge in [-0.2, -0.15) is 0 Å². The quantitative estimate of drug-likeness (QED) is 0.489. The Balaban J connectivity index is 1.74. The number of carbonyl (C=O) groups is 2. The highest BCUT2D eigenvalue weighted by Gasteiger charge is 2.31. The smallest absolute Gasteiger partial charge is 0.255 e. The van der Waals surface area contributed by atoms with Crippen LogP contribution in [-0.2, 0) is 9.53 Å². The fourth-order valence-electron chi connectivity index (χ4n) is 3.15. The van der Waals surface area contributed by atoms with Crippen LogP contribution in [0.2, 0.25) is 0 Å². The lowest BCUT2D eigenvalue weighted by molar-refractivity contribution is -0.125. The summed E-state index contributed by atoms with van der Waals surface area (Å²) in [5.41, 5.74) is 1.47. The average Bonchev–Trinajstić information content (AvgIpc) is 3.25. The molecule has 1 aliphatic rings. The lowest BCUT2D eigenvalue weighted by Crippen LogP contribution is -2.31. The van der Waals surface area contributed by atoms with Gasteiger partial charge in [-0.3, -0.25) is 9.59 Å². The molecule has 0 aliphatic carbocycles. The van der Waals surface area contributed by atoms with Crippen LogP contribution in [0.25, 0.3) is 11.2 Å². The third-order valence-electron chi connectivity index (χ3n) is 4.65.